The molecule has 0 spiro atoms. The molecule has 9 nitrogen and oxygen atoms in total. The van der Waals surface area contributed by atoms with E-state index in [2.05, 4.69) is 11.8 Å². The molecule has 1 aromatic rings. The largest absolute Gasteiger partial charge is 0.487 e. The molecule has 0 radical (unpaired) electrons. The maximum Gasteiger partial charge on any atom is 0.247 e. The minimum absolute atomic E-state index is 0.0325. The number of amides is 1. The van der Waals surface area contributed by atoms with E-state index in [0.29, 0.717) is 18.7 Å². The smallest absolute Gasteiger partial charge is 0.247 e. The van der Waals surface area contributed by atoms with Crippen molar-refractivity contribution in [2.75, 3.05) is 68.0 Å². The fourth-order valence-electron chi connectivity index (χ4n) is 3.58. The number of aliphatic hydroxyl groups is 1. The van der Waals surface area contributed by atoms with E-state index < -0.39 is 22.2 Å². The van der Waals surface area contributed by atoms with Gasteiger partial charge >= 0.3 is 0 Å². The van der Waals surface area contributed by atoms with Crippen LogP contribution >= 0.6 is 0 Å². The van der Waals surface area contributed by atoms with Gasteiger partial charge in [-0.05, 0) is 53.3 Å². The Bertz CT molecular complexity index is 1020. The molecule has 10 heteroatoms. The van der Waals surface area contributed by atoms with Crippen LogP contribution in [-0.4, -0.2) is 119 Å². The molecule has 1 N–H and O–H groups in total. The molecular formula is C24H38N4O5S. The maximum atomic E-state index is 13.5. The molecule has 34 heavy (non-hydrogen) atoms. The summed E-state index contributed by atoms with van der Waals surface area (Å²) in [5, 5.41) is 9.75. The van der Waals surface area contributed by atoms with Crippen LogP contribution in [0.15, 0.2) is 23.1 Å². The molecule has 1 amide bonds. The van der Waals surface area contributed by atoms with Gasteiger partial charge in [0, 0.05) is 31.1 Å². The molecule has 0 aliphatic carbocycles. The zero-order valence-corrected chi connectivity index (χ0v) is 22.1. The topological polar surface area (TPSA) is 93.6 Å². The first-order chi connectivity index (χ1) is 15.9. The molecule has 1 aliphatic heterocycles. The van der Waals surface area contributed by atoms with Crippen molar-refractivity contribution in [3.63, 3.8) is 0 Å². The molecule has 0 fully saturated rings. The Morgan fingerprint density at radius 1 is 1.24 bits per heavy atom. The van der Waals surface area contributed by atoms with Crippen molar-refractivity contribution in [3.05, 3.63) is 23.8 Å². The number of likely N-dealkylation sites (N-methyl/N-ethyl adjacent to an activating group) is 2. The van der Waals surface area contributed by atoms with Gasteiger partial charge in [0.15, 0.2) is 0 Å². The highest BCUT2D eigenvalue weighted by Crippen LogP contribution is 2.34. The first-order valence-electron chi connectivity index (χ1n) is 11.3. The van der Waals surface area contributed by atoms with Crippen LogP contribution in [0.5, 0.6) is 5.75 Å². The van der Waals surface area contributed by atoms with Gasteiger partial charge in [-0.2, -0.15) is 4.31 Å². The van der Waals surface area contributed by atoms with Crippen molar-refractivity contribution in [2.24, 2.45) is 5.92 Å². The Morgan fingerprint density at radius 2 is 1.91 bits per heavy atom. The number of benzene rings is 1. The molecule has 2 rings (SSSR count). The SMILES string of the molecule is C[C@@H]1CN([C@H](C)CO)S(=O)(=O)c2ccc(C#CCN(C)C)cc2O[C@H]1CN(C)C(=O)CN(C)C. The van der Waals surface area contributed by atoms with E-state index in [1.165, 1.54) is 10.4 Å². The third-order valence-electron chi connectivity index (χ3n) is 5.63. The number of hydrogen-bond donors (Lipinski definition) is 1. The highest BCUT2D eigenvalue weighted by Gasteiger charge is 2.38. The number of fused-ring (bicyclic) bond motifs is 1. The third-order valence-corrected chi connectivity index (χ3v) is 7.65. The van der Waals surface area contributed by atoms with Crippen molar-refractivity contribution < 1.29 is 23.1 Å². The van der Waals surface area contributed by atoms with E-state index in [-0.39, 0.29) is 42.2 Å². The lowest BCUT2D eigenvalue weighted by atomic mass is 10.0. The van der Waals surface area contributed by atoms with Crippen molar-refractivity contribution in [3.8, 4) is 17.6 Å². The molecule has 0 bridgehead atoms. The average Bonchev–Trinajstić information content (AvgIpc) is 2.74. The van der Waals surface area contributed by atoms with Crippen LogP contribution in [0.2, 0.25) is 0 Å². The number of rotatable bonds is 7. The summed E-state index contributed by atoms with van der Waals surface area (Å²) in [4.78, 5) is 17.9. The fraction of sp³-hybridized carbons (Fsp3) is 0.625. The minimum atomic E-state index is -3.92. The van der Waals surface area contributed by atoms with Crippen LogP contribution in [0, 0.1) is 17.8 Å². The maximum absolute atomic E-state index is 13.5. The number of hydrogen-bond acceptors (Lipinski definition) is 7. The highest BCUT2D eigenvalue weighted by atomic mass is 32.2. The number of carbonyl (C=O) groups excluding carboxylic acids is 1. The summed E-state index contributed by atoms with van der Waals surface area (Å²) in [5.74, 6) is 6.01. The normalized spacial score (nSPS) is 21.0. The molecule has 0 saturated heterocycles. The van der Waals surface area contributed by atoms with E-state index >= 15 is 0 Å². The Kier molecular flexibility index (Phi) is 9.91. The summed E-state index contributed by atoms with van der Waals surface area (Å²) in [7, 11) is 5.29. The molecule has 1 heterocycles. The molecule has 0 unspecified atom stereocenters. The van der Waals surface area contributed by atoms with Crippen molar-refractivity contribution in [1.82, 2.24) is 19.0 Å². The van der Waals surface area contributed by atoms with Gasteiger partial charge in [0.05, 0.1) is 26.2 Å². The lowest BCUT2D eigenvalue weighted by Gasteiger charge is -2.37. The number of carbonyl (C=O) groups is 1. The van der Waals surface area contributed by atoms with Crippen LogP contribution < -0.4 is 4.74 Å². The average molecular weight is 495 g/mol. The van der Waals surface area contributed by atoms with E-state index in [4.69, 9.17) is 4.74 Å². The van der Waals surface area contributed by atoms with Gasteiger partial charge in [0.25, 0.3) is 0 Å². The summed E-state index contributed by atoms with van der Waals surface area (Å²) >= 11 is 0. The van der Waals surface area contributed by atoms with Crippen LogP contribution in [0.25, 0.3) is 0 Å². The Balaban J connectivity index is 2.50. The van der Waals surface area contributed by atoms with E-state index in [1.807, 2.05) is 40.0 Å². The molecule has 0 aromatic heterocycles. The lowest BCUT2D eigenvalue weighted by Crippen LogP contribution is -2.50. The fourth-order valence-corrected chi connectivity index (χ4v) is 5.41. The number of aliphatic hydroxyl groups excluding tert-OH is 1. The van der Waals surface area contributed by atoms with Gasteiger partial charge in [-0.25, -0.2) is 8.42 Å². The van der Waals surface area contributed by atoms with Gasteiger partial charge in [-0.3, -0.25) is 9.69 Å². The second-order valence-corrected chi connectivity index (χ2v) is 11.3. The summed E-state index contributed by atoms with van der Waals surface area (Å²) in [6.45, 7) is 4.56. The summed E-state index contributed by atoms with van der Waals surface area (Å²) in [6.07, 6.45) is -0.455. The number of nitrogens with zero attached hydrogens (tertiary/aromatic N) is 4. The Hall–Kier alpha value is -2.16. The molecule has 1 aromatic carbocycles. The molecular weight excluding hydrogens is 456 g/mol. The van der Waals surface area contributed by atoms with Crippen LogP contribution in [0.4, 0.5) is 0 Å². The van der Waals surface area contributed by atoms with E-state index in [0.717, 1.165) is 0 Å². The van der Waals surface area contributed by atoms with Crippen LogP contribution in [-0.2, 0) is 14.8 Å². The van der Waals surface area contributed by atoms with Crippen LogP contribution in [0.1, 0.15) is 19.4 Å². The van der Waals surface area contributed by atoms with Crippen molar-refractivity contribution in [1.29, 1.82) is 0 Å². The lowest BCUT2D eigenvalue weighted by molar-refractivity contribution is -0.132. The molecule has 3 atom stereocenters. The molecule has 0 saturated carbocycles. The predicted octanol–water partition coefficient (Wildman–Crippen LogP) is 0.388. The van der Waals surface area contributed by atoms with Gasteiger partial charge < -0.3 is 19.6 Å². The third kappa shape index (κ3) is 7.17. The summed E-state index contributed by atoms with van der Waals surface area (Å²) in [6, 6.07) is 4.21. The summed E-state index contributed by atoms with van der Waals surface area (Å²) < 4.78 is 34.6. The van der Waals surface area contributed by atoms with Gasteiger partial charge in [0.2, 0.25) is 15.9 Å². The van der Waals surface area contributed by atoms with Gasteiger partial charge in [-0.15, -0.1) is 0 Å². The summed E-state index contributed by atoms with van der Waals surface area (Å²) in [5.41, 5.74) is 0.640. The Labute approximate surface area is 204 Å². The predicted molar refractivity (Wildman–Crippen MR) is 132 cm³/mol. The van der Waals surface area contributed by atoms with Gasteiger partial charge in [0.1, 0.15) is 16.7 Å². The zero-order chi connectivity index (χ0) is 25.6. The first kappa shape index (κ1) is 28.1. The number of sulfonamides is 1. The van der Waals surface area contributed by atoms with E-state index in [9.17, 15) is 18.3 Å². The van der Waals surface area contributed by atoms with Crippen molar-refractivity contribution >= 4 is 15.9 Å². The first-order valence-corrected chi connectivity index (χ1v) is 12.8. The second kappa shape index (κ2) is 12.0. The standard InChI is InChI=1S/C24H38N4O5S/c1-18-14-28(19(2)17-29)34(31,32)23-11-10-20(9-8-12-25(3)4)13-21(23)33-22(18)15-27(7)24(30)16-26(5)6/h10-11,13,18-19,22,29H,12,14-17H2,1-7H3/t18-,19-,22+/m1/s1. The molecule has 190 valence electrons. The molecule has 1 aliphatic rings. The van der Waals surface area contributed by atoms with Crippen molar-refractivity contribution in [2.45, 2.75) is 30.9 Å². The minimum Gasteiger partial charge on any atom is -0.487 e. The van der Waals surface area contributed by atoms with E-state index in [1.54, 1.807) is 35.9 Å². The number of ether oxygens (including phenoxy) is 1. The quantitative estimate of drug-likeness (QED) is 0.548. The van der Waals surface area contributed by atoms with Crippen LogP contribution in [0.3, 0.4) is 0 Å². The van der Waals surface area contributed by atoms with Gasteiger partial charge in [-0.1, -0.05) is 18.8 Å². The monoisotopic (exact) mass is 494 g/mol. The zero-order valence-electron chi connectivity index (χ0n) is 21.3. The second-order valence-electron chi connectivity index (χ2n) is 9.45. The highest BCUT2D eigenvalue weighted by molar-refractivity contribution is 7.89. The Morgan fingerprint density at radius 3 is 2.50 bits per heavy atom.